The molecule has 0 atom stereocenters. The molecule has 3 N–H and O–H groups in total. The molecular weight excluding hydrogens is 370 g/mol. The van der Waals surface area contributed by atoms with Gasteiger partial charge in [0.15, 0.2) is 11.6 Å². The molecule has 1 aliphatic heterocycles. The maximum atomic E-state index is 10.1. The summed E-state index contributed by atoms with van der Waals surface area (Å²) in [5, 5.41) is 22.9. The van der Waals surface area contributed by atoms with E-state index in [1.807, 2.05) is 23.0 Å². The minimum Gasteiger partial charge on any atom is -0.507 e. The highest BCUT2D eigenvalue weighted by molar-refractivity contribution is 5.78. The average Bonchev–Trinajstić information content (AvgIpc) is 3.40. The number of para-hydroxylation sites is 1. The van der Waals surface area contributed by atoms with Crippen molar-refractivity contribution in [2.45, 2.75) is 37.5 Å². The lowest BCUT2D eigenvalue weighted by Gasteiger charge is -2.35. The number of phenolic OH excluding ortho intramolecular Hbond substituents is 1. The first kappa shape index (κ1) is 18.1. The van der Waals surface area contributed by atoms with Gasteiger partial charge in [0, 0.05) is 35.7 Å². The third-order valence-corrected chi connectivity index (χ3v) is 5.82. The van der Waals surface area contributed by atoms with Gasteiger partial charge in [0.1, 0.15) is 5.75 Å². The quantitative estimate of drug-likeness (QED) is 0.703. The van der Waals surface area contributed by atoms with Gasteiger partial charge in [0.2, 0.25) is 0 Å². The van der Waals surface area contributed by atoms with Crippen molar-refractivity contribution < 1.29 is 14.6 Å². The predicted octanol–water partition coefficient (Wildman–Crippen LogP) is 3.15. The van der Waals surface area contributed by atoms with Gasteiger partial charge in [-0.3, -0.25) is 4.68 Å². The molecule has 1 spiro atoms. The third kappa shape index (κ3) is 3.34. The Morgan fingerprint density at radius 1 is 1.07 bits per heavy atom. The fraction of sp³-hybridized carbons (Fsp3) is 0.381. The van der Waals surface area contributed by atoms with E-state index in [2.05, 4.69) is 15.3 Å². The van der Waals surface area contributed by atoms with E-state index in [0.717, 1.165) is 36.8 Å². The Kier molecular flexibility index (Phi) is 4.44. The molecule has 150 valence electrons. The normalized spacial score (nSPS) is 19.0. The highest BCUT2D eigenvalue weighted by Crippen LogP contribution is 2.40. The number of hydrogen-bond donors (Lipinski definition) is 2. The van der Waals surface area contributed by atoms with E-state index in [4.69, 9.17) is 15.2 Å². The molecule has 3 aromatic rings. The molecule has 29 heavy (non-hydrogen) atoms. The van der Waals surface area contributed by atoms with Crippen LogP contribution < -0.4 is 5.73 Å². The highest BCUT2D eigenvalue weighted by Gasteiger charge is 2.40. The number of nitrogens with two attached hydrogens (primary N) is 1. The molecule has 0 radical (unpaired) electrons. The largest absolute Gasteiger partial charge is 0.507 e. The number of nitrogen functional groups attached to an aromatic ring is 1. The Morgan fingerprint density at radius 2 is 1.83 bits per heavy atom. The Balaban J connectivity index is 1.39. The molecule has 8 nitrogen and oxygen atoms in total. The van der Waals surface area contributed by atoms with E-state index in [-0.39, 0.29) is 11.5 Å². The average molecular weight is 393 g/mol. The van der Waals surface area contributed by atoms with Crippen LogP contribution in [0.3, 0.4) is 0 Å². The minimum absolute atomic E-state index is 0.153. The summed E-state index contributed by atoms with van der Waals surface area (Å²) < 4.78 is 13.6. The van der Waals surface area contributed by atoms with Crippen LogP contribution >= 0.6 is 0 Å². The molecule has 0 unspecified atom stereocenters. The van der Waals surface area contributed by atoms with Crippen LogP contribution in [0.5, 0.6) is 5.75 Å². The first-order chi connectivity index (χ1) is 14.1. The summed E-state index contributed by atoms with van der Waals surface area (Å²) >= 11 is 0. The Morgan fingerprint density at radius 3 is 2.59 bits per heavy atom. The summed E-state index contributed by atoms with van der Waals surface area (Å²) in [6, 6.07) is 9.18. The van der Waals surface area contributed by atoms with Crippen molar-refractivity contribution in [3.05, 3.63) is 42.7 Å². The van der Waals surface area contributed by atoms with Crippen molar-refractivity contribution in [3.63, 3.8) is 0 Å². The van der Waals surface area contributed by atoms with E-state index in [9.17, 15) is 5.11 Å². The number of aromatic hydroxyl groups is 1. The van der Waals surface area contributed by atoms with Gasteiger partial charge >= 0.3 is 0 Å². The Labute approximate surface area is 168 Å². The first-order valence-corrected chi connectivity index (χ1v) is 9.88. The van der Waals surface area contributed by atoms with Gasteiger partial charge in [-0.25, -0.2) is 0 Å². The molecule has 1 aliphatic carbocycles. The zero-order valence-electron chi connectivity index (χ0n) is 16.0. The molecule has 5 rings (SSSR count). The second kappa shape index (κ2) is 7.13. The lowest BCUT2D eigenvalue weighted by Crippen LogP contribution is -2.35. The van der Waals surface area contributed by atoms with Crippen molar-refractivity contribution in [2.24, 2.45) is 0 Å². The van der Waals surface area contributed by atoms with E-state index >= 15 is 0 Å². The number of nitrogens with zero attached hydrogens (tertiary/aromatic N) is 4. The van der Waals surface area contributed by atoms with Crippen molar-refractivity contribution in [1.29, 1.82) is 0 Å². The highest BCUT2D eigenvalue weighted by atomic mass is 16.7. The summed E-state index contributed by atoms with van der Waals surface area (Å²) in [4.78, 5) is 0. The molecule has 1 aromatic carbocycles. The molecule has 0 amide bonds. The van der Waals surface area contributed by atoms with Gasteiger partial charge in [0.05, 0.1) is 31.1 Å². The minimum atomic E-state index is -0.376. The molecular formula is C21H23N5O3. The number of phenols is 1. The summed E-state index contributed by atoms with van der Waals surface area (Å²) in [5.41, 5.74) is 8.90. The monoisotopic (exact) mass is 393 g/mol. The number of anilines is 1. The zero-order valence-corrected chi connectivity index (χ0v) is 16.0. The van der Waals surface area contributed by atoms with Gasteiger partial charge in [-0.15, -0.1) is 10.2 Å². The fourth-order valence-corrected chi connectivity index (χ4v) is 4.22. The van der Waals surface area contributed by atoms with Crippen LogP contribution in [-0.4, -0.2) is 44.1 Å². The van der Waals surface area contributed by atoms with Crippen molar-refractivity contribution >= 4 is 5.82 Å². The maximum absolute atomic E-state index is 10.1. The Hall–Kier alpha value is -2.97. The van der Waals surface area contributed by atoms with Crippen LogP contribution in [0.4, 0.5) is 5.82 Å². The molecule has 2 fully saturated rings. The molecule has 2 aliphatic rings. The maximum Gasteiger partial charge on any atom is 0.168 e. The SMILES string of the molecule is Nc1nnc(-c2ccccc2O)cc1-c1cnn(C2CCC3(CC2)OCCO3)c1. The molecule has 1 saturated carbocycles. The smallest absolute Gasteiger partial charge is 0.168 e. The van der Waals surface area contributed by atoms with Crippen LogP contribution in [0, 0.1) is 0 Å². The van der Waals surface area contributed by atoms with Crippen LogP contribution in [0.15, 0.2) is 42.7 Å². The van der Waals surface area contributed by atoms with Gasteiger partial charge in [-0.1, -0.05) is 12.1 Å². The number of aromatic nitrogens is 4. The standard InChI is InChI=1S/C21H23N5O3/c22-20-17(11-18(24-25-20)16-3-1-2-4-19(16)27)14-12-23-26(13-14)15-5-7-21(8-6-15)28-9-10-29-21/h1-4,11-13,15,27H,5-10H2,(H2,22,25). The number of ether oxygens (including phenoxy) is 2. The van der Waals surface area contributed by atoms with Crippen molar-refractivity contribution in [1.82, 2.24) is 20.0 Å². The van der Waals surface area contributed by atoms with Crippen molar-refractivity contribution in [3.8, 4) is 28.1 Å². The fourth-order valence-electron chi connectivity index (χ4n) is 4.22. The summed E-state index contributed by atoms with van der Waals surface area (Å²) in [6.07, 6.45) is 7.46. The summed E-state index contributed by atoms with van der Waals surface area (Å²) in [5.74, 6) is 0.109. The van der Waals surface area contributed by atoms with Crippen LogP contribution in [-0.2, 0) is 9.47 Å². The molecule has 3 heterocycles. The number of benzene rings is 1. The van der Waals surface area contributed by atoms with Gasteiger partial charge in [-0.2, -0.15) is 5.10 Å². The second-order valence-corrected chi connectivity index (χ2v) is 7.59. The molecule has 1 saturated heterocycles. The molecule has 8 heteroatoms. The van der Waals surface area contributed by atoms with E-state index in [1.165, 1.54) is 0 Å². The lowest BCUT2D eigenvalue weighted by molar-refractivity contribution is -0.181. The zero-order chi connectivity index (χ0) is 19.8. The topological polar surface area (TPSA) is 108 Å². The molecule has 0 bridgehead atoms. The first-order valence-electron chi connectivity index (χ1n) is 9.88. The van der Waals surface area contributed by atoms with Gasteiger partial charge in [0.25, 0.3) is 0 Å². The third-order valence-electron chi connectivity index (χ3n) is 5.82. The van der Waals surface area contributed by atoms with Crippen LogP contribution in [0.1, 0.15) is 31.7 Å². The van der Waals surface area contributed by atoms with Gasteiger partial charge < -0.3 is 20.3 Å². The van der Waals surface area contributed by atoms with E-state index < -0.39 is 0 Å². The van der Waals surface area contributed by atoms with E-state index in [1.54, 1.807) is 24.4 Å². The number of hydrogen-bond acceptors (Lipinski definition) is 7. The van der Waals surface area contributed by atoms with Crippen LogP contribution in [0.25, 0.3) is 22.4 Å². The summed E-state index contributed by atoms with van der Waals surface area (Å²) in [6.45, 7) is 1.37. The number of rotatable bonds is 3. The van der Waals surface area contributed by atoms with Gasteiger partial charge in [-0.05, 0) is 31.0 Å². The lowest BCUT2D eigenvalue weighted by atomic mass is 9.90. The summed E-state index contributed by atoms with van der Waals surface area (Å²) in [7, 11) is 0. The van der Waals surface area contributed by atoms with Crippen molar-refractivity contribution in [2.75, 3.05) is 18.9 Å². The predicted molar refractivity (Wildman–Crippen MR) is 107 cm³/mol. The van der Waals surface area contributed by atoms with Crippen LogP contribution in [0.2, 0.25) is 0 Å². The van der Waals surface area contributed by atoms with E-state index in [0.29, 0.717) is 36.3 Å². The Bertz CT molecular complexity index is 1020. The second-order valence-electron chi connectivity index (χ2n) is 7.59. The molecule has 2 aromatic heterocycles.